The van der Waals surface area contributed by atoms with Crippen molar-refractivity contribution in [2.24, 2.45) is 0 Å². The second-order valence-electron chi connectivity index (χ2n) is 6.92. The van der Waals surface area contributed by atoms with Gasteiger partial charge in [0.1, 0.15) is 18.5 Å². The fourth-order valence-electron chi connectivity index (χ4n) is 2.55. The summed E-state index contributed by atoms with van der Waals surface area (Å²) in [5, 5.41) is 0. The number of rotatable bonds is 5. The number of hydrogen-bond acceptors (Lipinski definition) is 3. The molecule has 1 aliphatic rings. The number of carbonyl (C=O) groups excluding carboxylic acids is 1. The van der Waals surface area contributed by atoms with E-state index in [9.17, 15) is 4.79 Å². The molecule has 0 aromatic heterocycles. The first-order valence-corrected chi connectivity index (χ1v) is 7.94. The standard InChI is InChI=1S/C20H22O3/c1-20(2,3)18-10-9-15(22-12-16-13-23-16)11-17(18)19(21)14-7-5-4-6-8-14/h4-11,16H,12-13H2,1-3H3. The monoisotopic (exact) mass is 310 g/mol. The third-order valence-electron chi connectivity index (χ3n) is 3.92. The fraction of sp³-hybridized carbons (Fsp3) is 0.350. The van der Waals surface area contributed by atoms with Crippen LogP contribution >= 0.6 is 0 Å². The van der Waals surface area contributed by atoms with E-state index < -0.39 is 0 Å². The number of ketones is 1. The molecule has 1 unspecified atom stereocenters. The molecule has 1 aliphatic heterocycles. The van der Waals surface area contributed by atoms with Crippen LogP contribution < -0.4 is 4.74 Å². The Bertz CT molecular complexity index is 695. The maximum atomic E-state index is 12.9. The van der Waals surface area contributed by atoms with Crippen molar-refractivity contribution in [1.82, 2.24) is 0 Å². The molecule has 23 heavy (non-hydrogen) atoms. The molecule has 3 heteroatoms. The number of epoxide rings is 1. The molecule has 2 aromatic rings. The van der Waals surface area contributed by atoms with E-state index in [1.54, 1.807) is 0 Å². The zero-order valence-electron chi connectivity index (χ0n) is 13.8. The molecule has 1 fully saturated rings. The highest BCUT2D eigenvalue weighted by Gasteiger charge is 2.25. The first-order valence-electron chi connectivity index (χ1n) is 7.94. The Kier molecular flexibility index (Phi) is 4.22. The SMILES string of the molecule is CC(C)(C)c1ccc(OCC2CO2)cc1C(=O)c1ccccc1. The van der Waals surface area contributed by atoms with Crippen molar-refractivity contribution < 1.29 is 14.3 Å². The highest BCUT2D eigenvalue weighted by molar-refractivity contribution is 6.10. The Balaban J connectivity index is 1.96. The van der Waals surface area contributed by atoms with E-state index in [1.165, 1.54) is 0 Å². The van der Waals surface area contributed by atoms with Crippen LogP contribution in [0, 0.1) is 0 Å². The minimum Gasteiger partial charge on any atom is -0.491 e. The molecule has 3 nitrogen and oxygen atoms in total. The van der Waals surface area contributed by atoms with Crippen LogP contribution in [-0.2, 0) is 10.2 Å². The maximum Gasteiger partial charge on any atom is 0.193 e. The van der Waals surface area contributed by atoms with Crippen molar-refractivity contribution in [2.75, 3.05) is 13.2 Å². The molecule has 0 bridgehead atoms. The third-order valence-corrected chi connectivity index (χ3v) is 3.92. The highest BCUT2D eigenvalue weighted by atomic mass is 16.6. The van der Waals surface area contributed by atoms with Gasteiger partial charge in [-0.05, 0) is 23.1 Å². The van der Waals surface area contributed by atoms with Crippen molar-refractivity contribution in [1.29, 1.82) is 0 Å². The second-order valence-corrected chi connectivity index (χ2v) is 6.92. The summed E-state index contributed by atoms with van der Waals surface area (Å²) in [5.41, 5.74) is 2.32. The summed E-state index contributed by atoms with van der Waals surface area (Å²) < 4.78 is 10.9. The summed E-state index contributed by atoms with van der Waals surface area (Å²) in [7, 11) is 0. The van der Waals surface area contributed by atoms with Crippen molar-refractivity contribution in [2.45, 2.75) is 32.3 Å². The molecule has 0 saturated carbocycles. The van der Waals surface area contributed by atoms with E-state index >= 15 is 0 Å². The van der Waals surface area contributed by atoms with Crippen molar-refractivity contribution >= 4 is 5.78 Å². The van der Waals surface area contributed by atoms with Gasteiger partial charge in [-0.15, -0.1) is 0 Å². The van der Waals surface area contributed by atoms with Gasteiger partial charge in [0.05, 0.1) is 6.61 Å². The first-order chi connectivity index (χ1) is 10.9. The van der Waals surface area contributed by atoms with Crippen molar-refractivity contribution in [3.05, 3.63) is 65.2 Å². The maximum absolute atomic E-state index is 12.9. The molecule has 120 valence electrons. The Morgan fingerprint density at radius 1 is 1.17 bits per heavy atom. The van der Waals surface area contributed by atoms with E-state index in [0.717, 1.165) is 12.2 Å². The lowest BCUT2D eigenvalue weighted by Crippen LogP contribution is -2.18. The zero-order valence-corrected chi connectivity index (χ0v) is 13.8. The van der Waals surface area contributed by atoms with Gasteiger partial charge < -0.3 is 9.47 Å². The third kappa shape index (κ3) is 3.80. The molecule has 0 aliphatic carbocycles. The van der Waals surface area contributed by atoms with Gasteiger partial charge in [0.15, 0.2) is 5.78 Å². The topological polar surface area (TPSA) is 38.8 Å². The zero-order chi connectivity index (χ0) is 16.4. The van der Waals surface area contributed by atoms with Gasteiger partial charge in [-0.3, -0.25) is 4.79 Å². The lowest BCUT2D eigenvalue weighted by molar-refractivity contribution is 0.103. The van der Waals surface area contributed by atoms with E-state index in [1.807, 2.05) is 48.5 Å². The van der Waals surface area contributed by atoms with Crippen LogP contribution in [0.5, 0.6) is 5.75 Å². The summed E-state index contributed by atoms with van der Waals surface area (Å²) in [6.45, 7) is 7.64. The number of ether oxygens (including phenoxy) is 2. The summed E-state index contributed by atoms with van der Waals surface area (Å²) in [6, 6.07) is 15.2. The van der Waals surface area contributed by atoms with Crippen LogP contribution in [0.3, 0.4) is 0 Å². The van der Waals surface area contributed by atoms with E-state index in [4.69, 9.17) is 9.47 Å². The minimum absolute atomic E-state index is 0.0312. The smallest absolute Gasteiger partial charge is 0.193 e. The minimum atomic E-state index is -0.113. The molecule has 1 atom stereocenters. The Morgan fingerprint density at radius 3 is 2.48 bits per heavy atom. The molecular weight excluding hydrogens is 288 g/mol. The van der Waals surface area contributed by atoms with E-state index in [0.29, 0.717) is 23.5 Å². The van der Waals surface area contributed by atoms with Gasteiger partial charge in [0.25, 0.3) is 0 Å². The molecule has 0 N–H and O–H groups in total. The average Bonchev–Trinajstić information content (AvgIpc) is 3.36. The highest BCUT2D eigenvalue weighted by Crippen LogP contribution is 2.30. The Morgan fingerprint density at radius 2 is 1.87 bits per heavy atom. The predicted molar refractivity (Wildman–Crippen MR) is 90.3 cm³/mol. The van der Waals surface area contributed by atoms with Crippen LogP contribution in [0.2, 0.25) is 0 Å². The Hall–Kier alpha value is -2.13. The van der Waals surface area contributed by atoms with Crippen LogP contribution in [-0.4, -0.2) is 25.1 Å². The lowest BCUT2D eigenvalue weighted by Gasteiger charge is -2.23. The normalized spacial score (nSPS) is 16.9. The summed E-state index contributed by atoms with van der Waals surface area (Å²) in [4.78, 5) is 12.9. The second kappa shape index (κ2) is 6.17. The molecular formula is C20H22O3. The van der Waals surface area contributed by atoms with Crippen LogP contribution in [0.4, 0.5) is 0 Å². The van der Waals surface area contributed by atoms with Gasteiger partial charge in [-0.2, -0.15) is 0 Å². The number of benzene rings is 2. The predicted octanol–water partition coefficient (Wildman–Crippen LogP) is 3.99. The molecule has 1 heterocycles. The van der Waals surface area contributed by atoms with Gasteiger partial charge in [-0.1, -0.05) is 57.2 Å². The summed E-state index contributed by atoms with van der Waals surface area (Å²) in [5.74, 6) is 0.747. The van der Waals surface area contributed by atoms with Crippen molar-refractivity contribution in [3.8, 4) is 5.75 Å². The van der Waals surface area contributed by atoms with Crippen LogP contribution in [0.15, 0.2) is 48.5 Å². The van der Waals surface area contributed by atoms with E-state index in [-0.39, 0.29) is 17.3 Å². The Labute approximate surface area is 137 Å². The van der Waals surface area contributed by atoms with Gasteiger partial charge in [0, 0.05) is 11.1 Å². The molecule has 1 saturated heterocycles. The van der Waals surface area contributed by atoms with E-state index in [2.05, 4.69) is 20.8 Å². The fourth-order valence-corrected chi connectivity index (χ4v) is 2.55. The quantitative estimate of drug-likeness (QED) is 0.619. The molecule has 2 aromatic carbocycles. The van der Waals surface area contributed by atoms with Crippen LogP contribution in [0.25, 0.3) is 0 Å². The largest absolute Gasteiger partial charge is 0.491 e. The van der Waals surface area contributed by atoms with Crippen LogP contribution in [0.1, 0.15) is 42.3 Å². The summed E-state index contributed by atoms with van der Waals surface area (Å²) >= 11 is 0. The lowest BCUT2D eigenvalue weighted by atomic mass is 9.81. The summed E-state index contributed by atoms with van der Waals surface area (Å²) in [6.07, 6.45) is 0.200. The molecule has 0 amide bonds. The first kappa shape index (κ1) is 15.8. The number of hydrogen-bond donors (Lipinski definition) is 0. The average molecular weight is 310 g/mol. The van der Waals surface area contributed by atoms with Gasteiger partial charge in [-0.25, -0.2) is 0 Å². The van der Waals surface area contributed by atoms with Gasteiger partial charge >= 0.3 is 0 Å². The molecule has 0 radical (unpaired) electrons. The van der Waals surface area contributed by atoms with Gasteiger partial charge in [0.2, 0.25) is 0 Å². The molecule has 3 rings (SSSR count). The van der Waals surface area contributed by atoms with Crippen molar-refractivity contribution in [3.63, 3.8) is 0 Å². The molecule has 0 spiro atoms. The number of carbonyl (C=O) groups is 1.